The largest absolute Gasteiger partial charge is 0.459 e. The predicted octanol–water partition coefficient (Wildman–Crippen LogP) is 2.91. The summed E-state index contributed by atoms with van der Waals surface area (Å²) in [5.41, 5.74) is -0.102. The van der Waals surface area contributed by atoms with Crippen molar-refractivity contribution >= 4 is 17.5 Å². The van der Waals surface area contributed by atoms with Crippen molar-refractivity contribution in [2.24, 2.45) is 28.8 Å². The molecule has 8 atom stereocenters. The Kier molecular flexibility index (Phi) is 14.8. The number of rotatable bonds is 5. The molecule has 0 spiro atoms. The SMILES string of the molecule is CC.CO[C@@]1(C)C[C@@H](C)C(=O)C(C)C(=O)O[C@H](C)C(O)C(O)C(C)/C(=N/OCCN(C)C)[C@H](C)C1. The number of cyclic esters (lactones) is 1. The zero-order valence-electron chi connectivity index (χ0n) is 23.7. The molecular weight excluding hydrogens is 452 g/mol. The fourth-order valence-electron chi connectivity index (χ4n) is 4.36. The number of oxime groups is 1. The molecule has 0 aromatic heterocycles. The van der Waals surface area contributed by atoms with E-state index in [0.29, 0.717) is 31.7 Å². The molecule has 1 rings (SSSR count). The fourth-order valence-corrected chi connectivity index (χ4v) is 4.36. The van der Waals surface area contributed by atoms with Gasteiger partial charge in [0, 0.05) is 31.4 Å². The summed E-state index contributed by atoms with van der Waals surface area (Å²) in [4.78, 5) is 33.0. The first-order valence-electron chi connectivity index (χ1n) is 12.7. The highest BCUT2D eigenvalue weighted by Crippen LogP contribution is 2.32. The third kappa shape index (κ3) is 10.1. The van der Waals surface area contributed by atoms with E-state index >= 15 is 0 Å². The van der Waals surface area contributed by atoms with Crippen LogP contribution in [-0.4, -0.2) is 90.8 Å². The fraction of sp³-hybridized carbons (Fsp3) is 0.885. The monoisotopic (exact) mass is 502 g/mol. The quantitative estimate of drug-likeness (QED) is 0.255. The first-order chi connectivity index (χ1) is 16.2. The maximum Gasteiger partial charge on any atom is 0.316 e. The number of likely N-dealkylation sites (N-methyl/N-ethyl adjacent to an activating group) is 1. The Morgan fingerprint density at radius 1 is 1.03 bits per heavy atom. The molecule has 9 nitrogen and oxygen atoms in total. The van der Waals surface area contributed by atoms with Crippen LogP contribution in [0, 0.1) is 23.7 Å². The maximum atomic E-state index is 12.9. The molecule has 1 aliphatic rings. The molecule has 0 aromatic rings. The zero-order chi connectivity index (χ0) is 27.5. The molecule has 9 heteroatoms. The Morgan fingerprint density at radius 3 is 2.09 bits per heavy atom. The Bertz CT molecular complexity index is 685. The van der Waals surface area contributed by atoms with Crippen molar-refractivity contribution in [2.45, 2.75) is 92.1 Å². The van der Waals surface area contributed by atoms with Crippen LogP contribution in [0.2, 0.25) is 0 Å². The lowest BCUT2D eigenvalue weighted by Gasteiger charge is -2.36. The number of esters is 1. The Hall–Kier alpha value is -1.55. The van der Waals surface area contributed by atoms with Crippen molar-refractivity contribution in [3.05, 3.63) is 0 Å². The first-order valence-corrected chi connectivity index (χ1v) is 12.7. The molecule has 1 fully saturated rings. The van der Waals surface area contributed by atoms with Gasteiger partial charge in [-0.15, -0.1) is 0 Å². The number of carbonyl (C=O) groups is 2. The van der Waals surface area contributed by atoms with Crippen molar-refractivity contribution in [1.82, 2.24) is 4.90 Å². The third-order valence-electron chi connectivity index (χ3n) is 6.65. The molecule has 35 heavy (non-hydrogen) atoms. The number of carbonyl (C=O) groups excluding carboxylic acids is 2. The van der Waals surface area contributed by atoms with E-state index < -0.39 is 47.6 Å². The van der Waals surface area contributed by atoms with Crippen LogP contribution in [0.5, 0.6) is 0 Å². The molecule has 1 saturated heterocycles. The Labute approximate surface area is 212 Å². The summed E-state index contributed by atoms with van der Waals surface area (Å²) in [6, 6.07) is 0. The van der Waals surface area contributed by atoms with E-state index in [4.69, 9.17) is 14.3 Å². The van der Waals surface area contributed by atoms with Gasteiger partial charge in [-0.1, -0.05) is 39.8 Å². The molecule has 0 amide bonds. The van der Waals surface area contributed by atoms with Crippen molar-refractivity contribution in [3.63, 3.8) is 0 Å². The van der Waals surface area contributed by atoms with E-state index in [1.165, 1.54) is 13.8 Å². The smallest absolute Gasteiger partial charge is 0.316 e. The molecule has 2 N–H and O–H groups in total. The number of ketones is 1. The summed E-state index contributed by atoms with van der Waals surface area (Å²) in [6.07, 6.45) is -2.70. The highest BCUT2D eigenvalue weighted by molar-refractivity contribution is 5.99. The summed E-state index contributed by atoms with van der Waals surface area (Å²) in [5, 5.41) is 26.0. The Balaban J connectivity index is 0.00000562. The average molecular weight is 503 g/mol. The van der Waals surface area contributed by atoms with E-state index in [1.54, 1.807) is 21.0 Å². The number of aliphatic hydroxyl groups excluding tert-OH is 2. The van der Waals surface area contributed by atoms with E-state index in [9.17, 15) is 19.8 Å². The number of Topliss-reactive ketones (excluding diaryl/α,β-unsaturated/α-hetero) is 1. The lowest BCUT2D eigenvalue weighted by atomic mass is 9.77. The van der Waals surface area contributed by atoms with Crippen LogP contribution < -0.4 is 0 Å². The van der Waals surface area contributed by atoms with Gasteiger partial charge in [-0.05, 0) is 47.7 Å². The minimum atomic E-state index is -1.36. The summed E-state index contributed by atoms with van der Waals surface area (Å²) >= 11 is 0. The summed E-state index contributed by atoms with van der Waals surface area (Å²) < 4.78 is 11.2. The molecule has 0 aliphatic carbocycles. The van der Waals surface area contributed by atoms with Gasteiger partial charge in [0.2, 0.25) is 0 Å². The summed E-state index contributed by atoms with van der Waals surface area (Å²) in [6.45, 7) is 15.5. The molecular formula is C26H50N2O7. The Morgan fingerprint density at radius 2 is 1.57 bits per heavy atom. The number of nitrogens with zero attached hydrogens (tertiary/aromatic N) is 2. The van der Waals surface area contributed by atoms with Gasteiger partial charge in [-0.2, -0.15) is 0 Å². The number of methoxy groups -OCH3 is 1. The lowest BCUT2D eigenvalue weighted by Crippen LogP contribution is -2.47. The molecule has 206 valence electrons. The van der Waals surface area contributed by atoms with Crippen LogP contribution in [0.15, 0.2) is 5.16 Å². The number of hydrogen-bond acceptors (Lipinski definition) is 9. The van der Waals surface area contributed by atoms with Crippen molar-refractivity contribution in [3.8, 4) is 0 Å². The normalized spacial score (nSPS) is 36.7. The van der Waals surface area contributed by atoms with Crippen LogP contribution in [0.25, 0.3) is 0 Å². The van der Waals surface area contributed by atoms with Crippen LogP contribution in [-0.2, 0) is 23.9 Å². The minimum Gasteiger partial charge on any atom is -0.459 e. The van der Waals surface area contributed by atoms with Crippen LogP contribution in [0.3, 0.4) is 0 Å². The maximum absolute atomic E-state index is 12.9. The highest BCUT2D eigenvalue weighted by Gasteiger charge is 2.40. The van der Waals surface area contributed by atoms with Gasteiger partial charge < -0.3 is 29.4 Å². The van der Waals surface area contributed by atoms with Gasteiger partial charge in [0.05, 0.1) is 17.4 Å². The van der Waals surface area contributed by atoms with Crippen LogP contribution in [0.4, 0.5) is 0 Å². The second-order valence-corrected chi connectivity index (χ2v) is 10.1. The molecule has 1 heterocycles. The molecule has 0 radical (unpaired) electrons. The average Bonchev–Trinajstić information content (AvgIpc) is 2.81. The zero-order valence-corrected chi connectivity index (χ0v) is 23.7. The minimum absolute atomic E-state index is 0.174. The molecule has 4 unspecified atom stereocenters. The number of aliphatic hydroxyl groups is 2. The molecule has 0 bridgehead atoms. The van der Waals surface area contributed by atoms with Crippen molar-refractivity contribution in [2.75, 3.05) is 34.4 Å². The molecule has 0 saturated carbocycles. The topological polar surface area (TPSA) is 118 Å². The van der Waals surface area contributed by atoms with Crippen LogP contribution in [0.1, 0.15) is 68.2 Å². The van der Waals surface area contributed by atoms with Gasteiger partial charge in [0.1, 0.15) is 30.5 Å². The van der Waals surface area contributed by atoms with Gasteiger partial charge in [0.25, 0.3) is 0 Å². The standard InChI is InChI=1S/C24H44N2O7.C2H6/c1-14-12-24(6,31-9)13-15(2)20(27)17(4)23(30)33-18(5)22(29)21(28)16(3)19(14)25-32-11-10-26(7)8;1-2/h14-18,21-22,28-29H,10-13H2,1-9H3;1-2H3/b25-19+;/t14-,15-,16?,17?,18-,21?,22?,24-;/m1./s1. The van der Waals surface area contributed by atoms with E-state index in [0.717, 1.165) is 0 Å². The first kappa shape index (κ1) is 33.4. The van der Waals surface area contributed by atoms with Gasteiger partial charge in [-0.25, -0.2) is 0 Å². The third-order valence-corrected chi connectivity index (χ3v) is 6.65. The van der Waals surface area contributed by atoms with E-state index in [1.807, 2.05) is 46.7 Å². The highest BCUT2D eigenvalue weighted by atomic mass is 16.6. The van der Waals surface area contributed by atoms with Crippen molar-refractivity contribution in [1.29, 1.82) is 0 Å². The van der Waals surface area contributed by atoms with Gasteiger partial charge in [-0.3, -0.25) is 9.59 Å². The van der Waals surface area contributed by atoms with Crippen LogP contribution >= 0.6 is 0 Å². The van der Waals surface area contributed by atoms with Gasteiger partial charge in [0.15, 0.2) is 0 Å². The predicted molar refractivity (Wildman–Crippen MR) is 137 cm³/mol. The van der Waals surface area contributed by atoms with E-state index in [2.05, 4.69) is 5.16 Å². The summed E-state index contributed by atoms with van der Waals surface area (Å²) in [7, 11) is 5.46. The second-order valence-electron chi connectivity index (χ2n) is 10.1. The second kappa shape index (κ2) is 15.5. The van der Waals surface area contributed by atoms with Crippen molar-refractivity contribution < 1.29 is 34.1 Å². The lowest BCUT2D eigenvalue weighted by molar-refractivity contribution is -0.166. The van der Waals surface area contributed by atoms with E-state index in [-0.39, 0.29) is 11.7 Å². The van der Waals surface area contributed by atoms with Gasteiger partial charge >= 0.3 is 5.97 Å². The summed E-state index contributed by atoms with van der Waals surface area (Å²) in [5.74, 6) is -3.13. The molecule has 0 aromatic carbocycles. The number of hydrogen-bond donors (Lipinski definition) is 2. The molecule has 1 aliphatic heterocycles. The number of ether oxygens (including phenoxy) is 2.